The first-order valence-electron chi connectivity index (χ1n) is 9.99. The summed E-state index contributed by atoms with van der Waals surface area (Å²) in [5, 5.41) is 44.7. The maximum atomic E-state index is 13.5. The van der Waals surface area contributed by atoms with Crippen LogP contribution in [0.4, 0.5) is 13.2 Å². The standard InChI is InChI=1S/C20H25F3N2O6S/c1-2-7-32-11-5-3-10(4-6-11)8-12-17(20(21,22)23)24-25-18(12)31-19-16(29)15(28)14(27)13(9-26)30-19/h3-6,13-16,19,26-29H,2,7-9H2,1H3,(H,24,25)/t13-,14-,15+,16-,19+/m1/s1. The molecule has 1 saturated heterocycles. The number of halogens is 3. The van der Waals surface area contributed by atoms with Crippen molar-refractivity contribution in [1.82, 2.24) is 10.2 Å². The van der Waals surface area contributed by atoms with Gasteiger partial charge in [0.25, 0.3) is 0 Å². The Hall–Kier alpha value is -1.83. The summed E-state index contributed by atoms with van der Waals surface area (Å²) in [5.74, 6) is 0.460. The smallest absolute Gasteiger partial charge is 0.433 e. The van der Waals surface area contributed by atoms with E-state index in [2.05, 4.69) is 12.0 Å². The Bertz CT molecular complexity index is 877. The lowest BCUT2D eigenvalue weighted by atomic mass is 9.99. The minimum atomic E-state index is -4.74. The monoisotopic (exact) mass is 478 g/mol. The first kappa shape index (κ1) is 24.8. The number of ether oxygens (including phenoxy) is 2. The molecule has 8 nitrogen and oxygen atoms in total. The molecule has 3 rings (SSSR count). The Balaban J connectivity index is 1.85. The van der Waals surface area contributed by atoms with Gasteiger partial charge in [0.2, 0.25) is 12.2 Å². The molecule has 0 saturated carbocycles. The summed E-state index contributed by atoms with van der Waals surface area (Å²) in [6, 6.07) is 7.06. The van der Waals surface area contributed by atoms with Crippen molar-refractivity contribution in [3.63, 3.8) is 0 Å². The molecule has 0 bridgehead atoms. The molecule has 0 unspecified atom stereocenters. The first-order valence-corrected chi connectivity index (χ1v) is 11.0. The van der Waals surface area contributed by atoms with Gasteiger partial charge in [-0.2, -0.15) is 13.2 Å². The van der Waals surface area contributed by atoms with Gasteiger partial charge in [-0.3, -0.25) is 5.10 Å². The van der Waals surface area contributed by atoms with Crippen molar-refractivity contribution in [3.05, 3.63) is 41.1 Å². The van der Waals surface area contributed by atoms with Crippen LogP contribution in [0.25, 0.3) is 0 Å². The number of H-pyrrole nitrogens is 1. The molecule has 1 fully saturated rings. The summed E-state index contributed by atoms with van der Waals surface area (Å²) in [7, 11) is 0. The molecular weight excluding hydrogens is 453 g/mol. The molecule has 0 aliphatic carbocycles. The Morgan fingerprint density at radius 2 is 1.81 bits per heavy atom. The molecule has 2 heterocycles. The average molecular weight is 478 g/mol. The number of nitrogens with zero attached hydrogens (tertiary/aromatic N) is 1. The quantitative estimate of drug-likeness (QED) is 0.363. The number of alkyl halides is 3. The van der Waals surface area contributed by atoms with Crippen LogP contribution in [0.2, 0.25) is 0 Å². The van der Waals surface area contributed by atoms with E-state index in [1.54, 1.807) is 23.9 Å². The number of aliphatic hydroxyl groups is 4. The number of rotatable bonds is 8. The predicted molar refractivity (Wildman–Crippen MR) is 108 cm³/mol. The van der Waals surface area contributed by atoms with Gasteiger partial charge in [-0.25, -0.2) is 0 Å². The number of aliphatic hydroxyl groups excluding tert-OH is 4. The van der Waals surface area contributed by atoms with E-state index in [1.165, 1.54) is 0 Å². The number of aromatic nitrogens is 2. The molecule has 2 aromatic rings. The van der Waals surface area contributed by atoms with Crippen molar-refractivity contribution in [2.75, 3.05) is 12.4 Å². The summed E-state index contributed by atoms with van der Waals surface area (Å²) in [6.45, 7) is 1.35. The minimum Gasteiger partial charge on any atom is -0.443 e. The van der Waals surface area contributed by atoms with Gasteiger partial charge in [-0.1, -0.05) is 19.1 Å². The largest absolute Gasteiger partial charge is 0.443 e. The summed E-state index contributed by atoms with van der Waals surface area (Å²) in [6.07, 6.45) is -12.0. The number of hydrogen-bond donors (Lipinski definition) is 5. The number of hydrogen-bond acceptors (Lipinski definition) is 8. The lowest BCUT2D eigenvalue weighted by molar-refractivity contribution is -0.278. The average Bonchev–Trinajstić information content (AvgIpc) is 3.16. The second-order valence-electron chi connectivity index (χ2n) is 7.36. The van der Waals surface area contributed by atoms with E-state index >= 15 is 0 Å². The summed E-state index contributed by atoms with van der Waals surface area (Å²) < 4.78 is 51.2. The molecule has 0 spiro atoms. The van der Waals surface area contributed by atoms with E-state index in [0.29, 0.717) is 5.56 Å². The van der Waals surface area contributed by atoms with Crippen LogP contribution >= 0.6 is 11.8 Å². The third kappa shape index (κ3) is 5.56. The topological polar surface area (TPSA) is 128 Å². The fourth-order valence-corrected chi connectivity index (χ4v) is 4.02. The van der Waals surface area contributed by atoms with E-state index in [1.807, 2.05) is 17.2 Å². The van der Waals surface area contributed by atoms with Gasteiger partial charge < -0.3 is 29.9 Å². The maximum Gasteiger partial charge on any atom is 0.433 e. The maximum absolute atomic E-state index is 13.5. The van der Waals surface area contributed by atoms with Gasteiger partial charge in [0.1, 0.15) is 30.1 Å². The zero-order valence-electron chi connectivity index (χ0n) is 17.1. The molecule has 1 aromatic carbocycles. The molecule has 5 N–H and O–H groups in total. The first-order chi connectivity index (χ1) is 15.2. The molecule has 178 valence electrons. The van der Waals surface area contributed by atoms with Crippen LogP contribution in [0.3, 0.4) is 0 Å². The van der Waals surface area contributed by atoms with E-state index < -0.39 is 55.1 Å². The second-order valence-corrected chi connectivity index (χ2v) is 8.53. The van der Waals surface area contributed by atoms with E-state index in [0.717, 1.165) is 17.1 Å². The molecular formula is C20H25F3N2O6S. The van der Waals surface area contributed by atoms with Gasteiger partial charge in [0.15, 0.2) is 0 Å². The third-order valence-electron chi connectivity index (χ3n) is 4.97. The Labute approximate surface area is 186 Å². The van der Waals surface area contributed by atoms with Crippen LogP contribution < -0.4 is 4.74 Å². The number of aromatic amines is 1. The molecule has 0 radical (unpaired) electrons. The van der Waals surface area contributed by atoms with Gasteiger partial charge >= 0.3 is 6.18 Å². The molecule has 1 aromatic heterocycles. The molecule has 1 aliphatic heterocycles. The Morgan fingerprint density at radius 3 is 2.41 bits per heavy atom. The van der Waals surface area contributed by atoms with Crippen LogP contribution in [0.15, 0.2) is 29.2 Å². The van der Waals surface area contributed by atoms with Crippen LogP contribution in [-0.2, 0) is 17.3 Å². The molecule has 0 amide bonds. The number of thioether (sulfide) groups is 1. The van der Waals surface area contributed by atoms with Crippen LogP contribution in [0, 0.1) is 0 Å². The van der Waals surface area contributed by atoms with Crippen molar-refractivity contribution in [2.24, 2.45) is 0 Å². The van der Waals surface area contributed by atoms with Gasteiger partial charge in [0, 0.05) is 11.3 Å². The Kier molecular flexibility index (Phi) is 8.06. The minimum absolute atomic E-state index is 0.170. The molecule has 5 atom stereocenters. The highest BCUT2D eigenvalue weighted by molar-refractivity contribution is 7.99. The highest BCUT2D eigenvalue weighted by atomic mass is 32.2. The number of nitrogens with one attached hydrogen (secondary N) is 1. The lowest BCUT2D eigenvalue weighted by Gasteiger charge is -2.39. The van der Waals surface area contributed by atoms with Crippen LogP contribution in [0.1, 0.15) is 30.2 Å². The molecule has 1 aliphatic rings. The molecule has 32 heavy (non-hydrogen) atoms. The summed E-state index contributed by atoms with van der Waals surface area (Å²) in [5.41, 5.74) is -0.832. The highest BCUT2D eigenvalue weighted by Crippen LogP contribution is 2.37. The molecule has 12 heteroatoms. The van der Waals surface area contributed by atoms with Crippen molar-refractivity contribution < 1.29 is 43.1 Å². The van der Waals surface area contributed by atoms with Crippen molar-refractivity contribution in [2.45, 2.75) is 61.5 Å². The zero-order chi connectivity index (χ0) is 23.5. The van der Waals surface area contributed by atoms with Crippen molar-refractivity contribution in [1.29, 1.82) is 0 Å². The van der Waals surface area contributed by atoms with Crippen molar-refractivity contribution in [3.8, 4) is 5.88 Å². The second kappa shape index (κ2) is 10.4. The zero-order valence-corrected chi connectivity index (χ0v) is 17.9. The van der Waals surface area contributed by atoms with Crippen LogP contribution in [0.5, 0.6) is 5.88 Å². The fraction of sp³-hybridized carbons (Fsp3) is 0.550. The highest BCUT2D eigenvalue weighted by Gasteiger charge is 2.46. The van der Waals surface area contributed by atoms with Crippen molar-refractivity contribution >= 4 is 11.8 Å². The van der Waals surface area contributed by atoms with E-state index in [-0.39, 0.29) is 12.0 Å². The lowest BCUT2D eigenvalue weighted by Crippen LogP contribution is -2.60. The normalized spacial score (nSPS) is 26.3. The fourth-order valence-electron chi connectivity index (χ4n) is 3.25. The third-order valence-corrected chi connectivity index (χ3v) is 6.18. The predicted octanol–water partition coefficient (Wildman–Crippen LogP) is 1.70. The summed E-state index contributed by atoms with van der Waals surface area (Å²) in [4.78, 5) is 0.997. The van der Waals surface area contributed by atoms with E-state index in [9.17, 15) is 33.6 Å². The SMILES string of the molecule is CCCSc1ccc(Cc2c(O[C@@H]3O[C@H](CO)[C@@H](O)[C@H](O)[C@H]3O)n[nH]c2C(F)(F)F)cc1. The van der Waals surface area contributed by atoms with E-state index in [4.69, 9.17) is 9.47 Å². The Morgan fingerprint density at radius 1 is 1.12 bits per heavy atom. The number of benzene rings is 1. The van der Waals surface area contributed by atoms with Crippen LogP contribution in [-0.4, -0.2) is 73.7 Å². The summed E-state index contributed by atoms with van der Waals surface area (Å²) >= 11 is 1.64. The van der Waals surface area contributed by atoms with Gasteiger partial charge in [-0.05, 0) is 29.9 Å². The van der Waals surface area contributed by atoms with Gasteiger partial charge in [-0.15, -0.1) is 16.9 Å². The van der Waals surface area contributed by atoms with Gasteiger partial charge in [0.05, 0.1) is 12.2 Å².